The van der Waals surface area contributed by atoms with Crippen molar-refractivity contribution < 1.29 is 19.0 Å². The highest BCUT2D eigenvalue weighted by molar-refractivity contribution is 5.77. The van der Waals surface area contributed by atoms with Crippen LogP contribution >= 0.6 is 0 Å². The first kappa shape index (κ1) is 17.9. The second-order valence-corrected chi connectivity index (χ2v) is 6.00. The van der Waals surface area contributed by atoms with E-state index in [4.69, 9.17) is 4.74 Å². The summed E-state index contributed by atoms with van der Waals surface area (Å²) in [6.07, 6.45) is -0.0698. The first-order valence-corrected chi connectivity index (χ1v) is 7.74. The molecule has 2 atom stereocenters. The molecule has 0 saturated heterocycles. The quantitative estimate of drug-likeness (QED) is 0.854. The van der Waals surface area contributed by atoms with Gasteiger partial charge >= 0.3 is 0 Å². The number of carbonyl (C=O) groups is 1. The van der Waals surface area contributed by atoms with Crippen LogP contribution in [0.15, 0.2) is 48.5 Å². The summed E-state index contributed by atoms with van der Waals surface area (Å²) in [6.45, 7) is 3.40. The van der Waals surface area contributed by atoms with Crippen molar-refractivity contribution >= 4 is 5.91 Å². The molecule has 2 rings (SSSR count). The molecule has 2 aromatic rings. The van der Waals surface area contributed by atoms with Gasteiger partial charge in [0.1, 0.15) is 0 Å². The molecular formula is C19H22FNO3. The van der Waals surface area contributed by atoms with Gasteiger partial charge < -0.3 is 15.2 Å². The molecule has 24 heavy (non-hydrogen) atoms. The highest BCUT2D eigenvalue weighted by atomic mass is 19.1. The van der Waals surface area contributed by atoms with Gasteiger partial charge in [0.05, 0.1) is 25.2 Å². The largest absolute Gasteiger partial charge is 0.494 e. The van der Waals surface area contributed by atoms with Crippen LogP contribution in [-0.4, -0.2) is 18.1 Å². The van der Waals surface area contributed by atoms with E-state index in [0.29, 0.717) is 5.56 Å². The van der Waals surface area contributed by atoms with E-state index < -0.39 is 11.4 Å². The van der Waals surface area contributed by atoms with Gasteiger partial charge in [-0.25, -0.2) is 4.39 Å². The van der Waals surface area contributed by atoms with E-state index in [2.05, 4.69) is 5.32 Å². The fourth-order valence-corrected chi connectivity index (χ4v) is 2.53. The van der Waals surface area contributed by atoms with Crippen molar-refractivity contribution in [3.8, 4) is 5.75 Å². The lowest BCUT2D eigenvalue weighted by Gasteiger charge is -2.24. The highest BCUT2D eigenvalue weighted by Crippen LogP contribution is 2.26. The third kappa shape index (κ3) is 4.32. The number of carbonyl (C=O) groups excluding carboxylic acids is 1. The lowest BCUT2D eigenvalue weighted by atomic mass is 9.92. The summed E-state index contributed by atoms with van der Waals surface area (Å²) < 4.78 is 18.4. The van der Waals surface area contributed by atoms with Gasteiger partial charge in [0.15, 0.2) is 11.6 Å². The van der Waals surface area contributed by atoms with Gasteiger partial charge in [-0.15, -0.1) is 0 Å². The van der Waals surface area contributed by atoms with Crippen LogP contribution in [0.2, 0.25) is 0 Å². The third-order valence-electron chi connectivity index (χ3n) is 3.95. The zero-order chi connectivity index (χ0) is 17.7. The van der Waals surface area contributed by atoms with Crippen molar-refractivity contribution in [3.05, 3.63) is 65.5 Å². The fraction of sp³-hybridized carbons (Fsp3) is 0.316. The van der Waals surface area contributed by atoms with Gasteiger partial charge in [-0.1, -0.05) is 36.4 Å². The first-order chi connectivity index (χ1) is 11.3. The molecule has 1 amide bonds. The van der Waals surface area contributed by atoms with Crippen LogP contribution in [0.4, 0.5) is 4.39 Å². The molecule has 0 unspecified atom stereocenters. The maximum Gasteiger partial charge on any atom is 0.223 e. The Morgan fingerprint density at radius 1 is 1.29 bits per heavy atom. The maximum atomic E-state index is 13.5. The van der Waals surface area contributed by atoms with Gasteiger partial charge in [-0.2, -0.15) is 0 Å². The summed E-state index contributed by atoms with van der Waals surface area (Å²) >= 11 is 0. The molecule has 0 aliphatic heterocycles. The Morgan fingerprint density at radius 3 is 2.58 bits per heavy atom. The lowest BCUT2D eigenvalue weighted by molar-refractivity contribution is -0.126. The van der Waals surface area contributed by atoms with Crippen LogP contribution < -0.4 is 10.1 Å². The molecule has 2 aromatic carbocycles. The van der Waals surface area contributed by atoms with Crippen molar-refractivity contribution in [2.24, 2.45) is 0 Å². The van der Waals surface area contributed by atoms with Gasteiger partial charge in [-0.3, -0.25) is 4.79 Å². The number of rotatable bonds is 6. The Morgan fingerprint density at radius 2 is 1.96 bits per heavy atom. The molecule has 4 nitrogen and oxygen atoms in total. The number of benzene rings is 2. The number of methoxy groups -OCH3 is 1. The monoisotopic (exact) mass is 331 g/mol. The molecule has 0 aromatic heterocycles. The molecule has 128 valence electrons. The molecule has 5 heteroatoms. The predicted molar refractivity (Wildman–Crippen MR) is 90.1 cm³/mol. The maximum absolute atomic E-state index is 13.5. The van der Waals surface area contributed by atoms with Crippen LogP contribution in [0, 0.1) is 5.82 Å². The van der Waals surface area contributed by atoms with Crippen LogP contribution in [0.1, 0.15) is 37.4 Å². The molecule has 0 fully saturated rings. The van der Waals surface area contributed by atoms with Crippen molar-refractivity contribution in [1.29, 1.82) is 0 Å². The number of hydrogen-bond donors (Lipinski definition) is 2. The van der Waals surface area contributed by atoms with Crippen LogP contribution in [0.3, 0.4) is 0 Å². The zero-order valence-electron chi connectivity index (χ0n) is 14.0. The highest BCUT2D eigenvalue weighted by Gasteiger charge is 2.27. The second-order valence-electron chi connectivity index (χ2n) is 6.00. The summed E-state index contributed by atoms with van der Waals surface area (Å²) in [5.74, 6) is -0.615. The zero-order valence-corrected chi connectivity index (χ0v) is 14.0. The minimum atomic E-state index is -1.26. The Kier molecular flexibility index (Phi) is 5.57. The van der Waals surface area contributed by atoms with E-state index >= 15 is 0 Å². The van der Waals surface area contributed by atoms with E-state index in [1.807, 2.05) is 18.2 Å². The van der Waals surface area contributed by atoms with E-state index in [-0.39, 0.29) is 24.1 Å². The standard InChI is InChI=1S/C19H22FNO3/c1-13(14-9-10-16(20)17(11-14)24-3)21-18(22)12-19(2,23)15-7-5-4-6-8-15/h4-11,13,23H,12H2,1-3H3,(H,21,22)/t13-,19+/m1/s1. The number of halogens is 1. The number of amides is 1. The summed E-state index contributed by atoms with van der Waals surface area (Å²) in [4.78, 5) is 12.3. The summed E-state index contributed by atoms with van der Waals surface area (Å²) in [7, 11) is 1.39. The van der Waals surface area contributed by atoms with E-state index in [9.17, 15) is 14.3 Å². The molecule has 0 aliphatic carbocycles. The molecule has 0 bridgehead atoms. The minimum absolute atomic E-state index is 0.0698. The SMILES string of the molecule is COc1cc([C@@H](C)NC(=O)C[C@](C)(O)c2ccccc2)ccc1F. The van der Waals surface area contributed by atoms with Crippen molar-refractivity contribution in [2.45, 2.75) is 31.9 Å². The molecule has 2 N–H and O–H groups in total. The second kappa shape index (κ2) is 7.45. The average molecular weight is 331 g/mol. The number of ether oxygens (including phenoxy) is 1. The predicted octanol–water partition coefficient (Wildman–Crippen LogP) is 3.31. The van der Waals surface area contributed by atoms with Gasteiger partial charge in [0, 0.05) is 0 Å². The van der Waals surface area contributed by atoms with E-state index in [0.717, 1.165) is 5.56 Å². The Balaban J connectivity index is 2.04. The summed E-state index contributed by atoms with van der Waals surface area (Å²) in [5, 5.41) is 13.3. The summed E-state index contributed by atoms with van der Waals surface area (Å²) in [6, 6.07) is 13.2. The molecule has 0 heterocycles. The van der Waals surface area contributed by atoms with Gasteiger partial charge in [-0.05, 0) is 37.1 Å². The van der Waals surface area contributed by atoms with E-state index in [1.165, 1.54) is 13.2 Å². The van der Waals surface area contributed by atoms with Crippen LogP contribution in [0.25, 0.3) is 0 Å². The fourth-order valence-electron chi connectivity index (χ4n) is 2.53. The first-order valence-electron chi connectivity index (χ1n) is 7.74. The van der Waals surface area contributed by atoms with Crippen molar-refractivity contribution in [2.75, 3.05) is 7.11 Å². The number of nitrogens with one attached hydrogen (secondary N) is 1. The lowest BCUT2D eigenvalue weighted by Crippen LogP contribution is -2.34. The minimum Gasteiger partial charge on any atom is -0.494 e. The molecule has 0 aliphatic rings. The van der Waals surface area contributed by atoms with Crippen molar-refractivity contribution in [1.82, 2.24) is 5.32 Å². The molecular weight excluding hydrogens is 309 g/mol. The van der Waals surface area contributed by atoms with Gasteiger partial charge in [0.25, 0.3) is 0 Å². The molecule has 0 radical (unpaired) electrons. The third-order valence-corrected chi connectivity index (χ3v) is 3.95. The topological polar surface area (TPSA) is 58.6 Å². The van der Waals surface area contributed by atoms with E-state index in [1.54, 1.807) is 38.1 Å². The van der Waals surface area contributed by atoms with Crippen LogP contribution in [0.5, 0.6) is 5.75 Å². The van der Waals surface area contributed by atoms with Crippen molar-refractivity contribution in [3.63, 3.8) is 0 Å². The normalized spacial score (nSPS) is 14.5. The van der Waals surface area contributed by atoms with Crippen LogP contribution in [-0.2, 0) is 10.4 Å². The summed E-state index contributed by atoms with van der Waals surface area (Å²) in [5.41, 5.74) is 0.142. The Labute approximate surface area is 141 Å². The Bertz CT molecular complexity index is 701. The molecule has 0 saturated carbocycles. The Hall–Kier alpha value is -2.40. The number of hydrogen-bond acceptors (Lipinski definition) is 3. The smallest absolute Gasteiger partial charge is 0.223 e. The average Bonchev–Trinajstić information content (AvgIpc) is 2.55. The van der Waals surface area contributed by atoms with Gasteiger partial charge in [0.2, 0.25) is 5.91 Å². The molecule has 0 spiro atoms. The number of aliphatic hydroxyl groups is 1.